The van der Waals surface area contributed by atoms with E-state index in [1.807, 2.05) is 64.1 Å². The van der Waals surface area contributed by atoms with E-state index < -0.39 is 11.6 Å². The van der Waals surface area contributed by atoms with Crippen LogP contribution in [-0.4, -0.2) is 15.3 Å². The van der Waals surface area contributed by atoms with Gasteiger partial charge in [-0.05, 0) is 141 Å². The molecular formula is C45H52F2O3. The SMILES string of the molecule is Cc1c(O)ccc(F)c1F.Cc1cccc(C)c1C.Cc1cccc(C)c1CO.Cc1cccc(C)c1CO.Cc1cccc2ccccc12. The number of rotatable bonds is 2. The van der Waals surface area contributed by atoms with Gasteiger partial charge in [0.1, 0.15) is 5.75 Å². The third-order valence-corrected chi connectivity index (χ3v) is 8.80. The molecule has 0 atom stereocenters. The van der Waals surface area contributed by atoms with Gasteiger partial charge in [-0.25, -0.2) is 8.78 Å². The average Bonchev–Trinajstić information content (AvgIpc) is 3.10. The van der Waals surface area contributed by atoms with Crippen molar-refractivity contribution < 1.29 is 24.1 Å². The molecule has 0 aliphatic rings. The summed E-state index contributed by atoms with van der Waals surface area (Å²) in [4.78, 5) is 0. The monoisotopic (exact) mass is 678 g/mol. The molecule has 5 heteroatoms. The minimum absolute atomic E-state index is 0.0556. The largest absolute Gasteiger partial charge is 0.508 e. The number of aliphatic hydroxyl groups is 2. The van der Waals surface area contributed by atoms with Gasteiger partial charge in [-0.1, -0.05) is 97.1 Å². The summed E-state index contributed by atoms with van der Waals surface area (Å²) in [7, 11) is 0. The van der Waals surface area contributed by atoms with E-state index in [1.165, 1.54) is 62.2 Å². The summed E-state index contributed by atoms with van der Waals surface area (Å²) in [6.07, 6.45) is 0. The Balaban J connectivity index is 0.000000217. The predicted molar refractivity (Wildman–Crippen MR) is 206 cm³/mol. The first kappa shape index (κ1) is 41.3. The second-order valence-electron chi connectivity index (χ2n) is 12.4. The molecule has 0 aliphatic carbocycles. The maximum atomic E-state index is 12.5. The highest BCUT2D eigenvalue weighted by atomic mass is 19.2. The summed E-state index contributed by atoms with van der Waals surface area (Å²) in [5.41, 5.74) is 12.3. The van der Waals surface area contributed by atoms with Crippen molar-refractivity contribution in [3.8, 4) is 5.75 Å². The van der Waals surface area contributed by atoms with E-state index in [1.54, 1.807) is 0 Å². The van der Waals surface area contributed by atoms with Gasteiger partial charge in [0, 0.05) is 5.56 Å². The molecule has 0 aliphatic heterocycles. The maximum Gasteiger partial charge on any atom is 0.165 e. The van der Waals surface area contributed by atoms with E-state index >= 15 is 0 Å². The minimum Gasteiger partial charge on any atom is -0.508 e. The summed E-state index contributed by atoms with van der Waals surface area (Å²) < 4.78 is 24.7. The van der Waals surface area contributed by atoms with E-state index in [4.69, 9.17) is 15.3 Å². The highest BCUT2D eigenvalue weighted by Gasteiger charge is 2.07. The van der Waals surface area contributed by atoms with Gasteiger partial charge in [-0.15, -0.1) is 0 Å². The molecule has 0 radical (unpaired) electrons. The zero-order chi connectivity index (χ0) is 37.4. The molecule has 0 aromatic heterocycles. The van der Waals surface area contributed by atoms with Gasteiger partial charge >= 0.3 is 0 Å². The van der Waals surface area contributed by atoms with Gasteiger partial charge in [0.05, 0.1) is 13.2 Å². The van der Waals surface area contributed by atoms with Crippen LogP contribution in [0.4, 0.5) is 8.78 Å². The lowest BCUT2D eigenvalue weighted by Crippen LogP contribution is -1.91. The second kappa shape index (κ2) is 20.6. The van der Waals surface area contributed by atoms with Crippen molar-refractivity contribution in [2.45, 2.75) is 75.5 Å². The molecule has 0 spiro atoms. The van der Waals surface area contributed by atoms with Crippen LogP contribution >= 0.6 is 0 Å². The maximum absolute atomic E-state index is 12.5. The van der Waals surface area contributed by atoms with Gasteiger partial charge in [-0.3, -0.25) is 0 Å². The Bertz CT molecular complexity index is 1820. The summed E-state index contributed by atoms with van der Waals surface area (Å²) in [5.74, 6) is -2.14. The van der Waals surface area contributed by atoms with Gasteiger partial charge in [0.15, 0.2) is 11.6 Å². The standard InChI is InChI=1S/C11H10.2C9H12O.C9H12.C7H6F2O/c1-9-5-4-7-10-6-2-3-8-11(9)10;2*1-7-4-3-5-8(2)9(7)6-10;1-7-5-4-6-8(2)9(7)3;1-4-6(10)3-2-5(8)7(4)9/h2-8H,1H3;2*3-5,10H,6H2,1-2H3;4-6H,1-3H3;2-3,10H,1H3. The van der Waals surface area contributed by atoms with Crippen LogP contribution < -0.4 is 0 Å². The number of hydrogen-bond acceptors (Lipinski definition) is 3. The van der Waals surface area contributed by atoms with Crippen molar-refractivity contribution >= 4 is 10.8 Å². The molecule has 0 unspecified atom stereocenters. The van der Waals surface area contributed by atoms with Gasteiger partial charge < -0.3 is 15.3 Å². The molecule has 6 aromatic carbocycles. The normalized spacial score (nSPS) is 9.94. The molecule has 0 amide bonds. The number of phenols is 1. The fourth-order valence-corrected chi connectivity index (χ4v) is 5.12. The summed E-state index contributed by atoms with van der Waals surface area (Å²) >= 11 is 0. The molecule has 0 saturated heterocycles. The zero-order valence-corrected chi connectivity index (χ0v) is 30.9. The van der Waals surface area contributed by atoms with Crippen LogP contribution in [0.2, 0.25) is 0 Å². The lowest BCUT2D eigenvalue weighted by Gasteiger charge is -2.04. The first-order valence-electron chi connectivity index (χ1n) is 16.7. The quantitative estimate of drug-likeness (QED) is 0.171. The van der Waals surface area contributed by atoms with Crippen molar-refractivity contribution in [3.63, 3.8) is 0 Å². The lowest BCUT2D eigenvalue weighted by molar-refractivity contribution is 0.280. The molecular weight excluding hydrogens is 626 g/mol. The van der Waals surface area contributed by atoms with Gasteiger partial charge in [0.25, 0.3) is 0 Å². The van der Waals surface area contributed by atoms with Crippen molar-refractivity contribution in [2.75, 3.05) is 0 Å². The van der Waals surface area contributed by atoms with E-state index in [0.29, 0.717) is 0 Å². The van der Waals surface area contributed by atoms with Crippen LogP contribution in [0.5, 0.6) is 5.75 Å². The molecule has 0 fully saturated rings. The summed E-state index contributed by atoms with van der Waals surface area (Å²) in [6, 6.07) is 35.3. The van der Waals surface area contributed by atoms with Crippen molar-refractivity contribution in [1.29, 1.82) is 0 Å². The Morgan fingerprint density at radius 1 is 0.420 bits per heavy atom. The molecule has 0 bridgehead atoms. The Morgan fingerprint density at radius 3 is 1.18 bits per heavy atom. The second-order valence-corrected chi connectivity index (χ2v) is 12.4. The van der Waals surface area contributed by atoms with Crippen molar-refractivity contribution in [3.05, 3.63) is 182 Å². The van der Waals surface area contributed by atoms with Crippen LogP contribution in [0.1, 0.15) is 61.2 Å². The Labute approximate surface area is 297 Å². The third-order valence-electron chi connectivity index (χ3n) is 8.80. The van der Waals surface area contributed by atoms with Crippen LogP contribution in [0.25, 0.3) is 10.8 Å². The number of benzene rings is 6. The van der Waals surface area contributed by atoms with Crippen LogP contribution in [0.3, 0.4) is 0 Å². The van der Waals surface area contributed by atoms with Gasteiger partial charge in [-0.2, -0.15) is 0 Å². The molecule has 3 nitrogen and oxygen atoms in total. The molecule has 0 saturated carbocycles. The number of aliphatic hydroxyl groups excluding tert-OH is 2. The Kier molecular flexibility index (Phi) is 17.0. The van der Waals surface area contributed by atoms with E-state index in [2.05, 4.69) is 88.4 Å². The van der Waals surface area contributed by atoms with E-state index in [9.17, 15) is 8.78 Å². The number of fused-ring (bicyclic) bond motifs is 1. The van der Waals surface area contributed by atoms with E-state index in [-0.39, 0.29) is 24.5 Å². The van der Waals surface area contributed by atoms with Crippen LogP contribution in [-0.2, 0) is 13.2 Å². The lowest BCUT2D eigenvalue weighted by atomic mass is 10.0. The first-order chi connectivity index (χ1) is 23.7. The summed E-state index contributed by atoms with van der Waals surface area (Å²) in [6.45, 7) is 18.2. The number of aryl methyl sites for hydroxylation is 7. The molecule has 264 valence electrons. The van der Waals surface area contributed by atoms with Gasteiger partial charge in [0.2, 0.25) is 0 Å². The van der Waals surface area contributed by atoms with E-state index in [0.717, 1.165) is 23.3 Å². The fraction of sp³-hybridized carbons (Fsp3) is 0.244. The third kappa shape index (κ3) is 12.2. The Hall–Kier alpha value is -4.84. The summed E-state index contributed by atoms with van der Waals surface area (Å²) in [5, 5.41) is 29.3. The molecule has 50 heavy (non-hydrogen) atoms. The topological polar surface area (TPSA) is 60.7 Å². The average molecular weight is 679 g/mol. The number of halogens is 2. The smallest absolute Gasteiger partial charge is 0.165 e. The molecule has 6 rings (SSSR count). The first-order valence-corrected chi connectivity index (χ1v) is 16.7. The minimum atomic E-state index is -0.986. The predicted octanol–water partition coefficient (Wildman–Crippen LogP) is 11.3. The fourth-order valence-electron chi connectivity index (χ4n) is 5.12. The van der Waals surface area contributed by atoms with Crippen LogP contribution in [0.15, 0.2) is 109 Å². The molecule has 6 aromatic rings. The van der Waals surface area contributed by atoms with Crippen molar-refractivity contribution in [1.82, 2.24) is 0 Å². The highest BCUT2D eigenvalue weighted by Crippen LogP contribution is 2.20. The number of phenolic OH excluding ortho intramolecular Hbond substituents is 1. The zero-order valence-electron chi connectivity index (χ0n) is 30.9. The molecule has 3 N–H and O–H groups in total. The molecule has 0 heterocycles. The van der Waals surface area contributed by atoms with Crippen molar-refractivity contribution in [2.24, 2.45) is 0 Å². The number of hydrogen-bond donors (Lipinski definition) is 3. The van der Waals surface area contributed by atoms with Crippen LogP contribution in [0, 0.1) is 73.9 Å². The number of aromatic hydroxyl groups is 1. The highest BCUT2D eigenvalue weighted by molar-refractivity contribution is 5.85. The Morgan fingerprint density at radius 2 is 0.800 bits per heavy atom.